The number of nitrogens with two attached hydrogens (primary N) is 1. The van der Waals surface area contributed by atoms with Gasteiger partial charge in [0.1, 0.15) is 0 Å². The van der Waals surface area contributed by atoms with Crippen LogP contribution in [0.2, 0.25) is 0 Å². The van der Waals surface area contributed by atoms with Crippen LogP contribution in [0, 0.1) is 0 Å². The van der Waals surface area contributed by atoms with Gasteiger partial charge in [-0.2, -0.15) is 0 Å². The summed E-state index contributed by atoms with van der Waals surface area (Å²) < 4.78 is 2.08. The van der Waals surface area contributed by atoms with Gasteiger partial charge in [-0.05, 0) is 29.8 Å². The van der Waals surface area contributed by atoms with Crippen LogP contribution in [0.5, 0.6) is 0 Å². The van der Waals surface area contributed by atoms with E-state index in [0.717, 1.165) is 16.6 Å². The third-order valence-corrected chi connectivity index (χ3v) is 3.23. The van der Waals surface area contributed by atoms with E-state index in [-0.39, 0.29) is 5.91 Å². The van der Waals surface area contributed by atoms with Gasteiger partial charge in [-0.15, -0.1) is 0 Å². The minimum absolute atomic E-state index is 0.287. The number of benzene rings is 2. The summed E-state index contributed by atoms with van der Waals surface area (Å²) in [7, 11) is 0. The average molecular weight is 266 g/mol. The molecule has 0 saturated carbocycles. The molecule has 1 aromatic heterocycles. The van der Waals surface area contributed by atoms with Crippen molar-refractivity contribution in [2.24, 2.45) is 5.84 Å². The number of rotatable bonds is 3. The lowest BCUT2D eigenvalue weighted by molar-refractivity contribution is 0.0953. The van der Waals surface area contributed by atoms with Gasteiger partial charge < -0.3 is 4.57 Å². The predicted molar refractivity (Wildman–Crippen MR) is 76.9 cm³/mol. The molecule has 0 aliphatic carbocycles. The monoisotopic (exact) mass is 266 g/mol. The number of carbonyl (C=O) groups excluding carboxylic acids is 1. The molecular weight excluding hydrogens is 252 g/mol. The molecule has 2 aromatic carbocycles. The van der Waals surface area contributed by atoms with E-state index in [0.29, 0.717) is 12.1 Å². The number of imidazole rings is 1. The fourth-order valence-electron chi connectivity index (χ4n) is 2.18. The molecule has 0 unspecified atom stereocenters. The Bertz CT molecular complexity index is 746. The molecule has 0 bridgehead atoms. The molecule has 5 nitrogen and oxygen atoms in total. The van der Waals surface area contributed by atoms with Gasteiger partial charge in [-0.25, -0.2) is 10.8 Å². The van der Waals surface area contributed by atoms with E-state index < -0.39 is 0 Å². The first-order valence-electron chi connectivity index (χ1n) is 6.27. The highest BCUT2D eigenvalue weighted by Crippen LogP contribution is 2.14. The van der Waals surface area contributed by atoms with Crippen molar-refractivity contribution in [1.29, 1.82) is 0 Å². The molecule has 5 heteroatoms. The first kappa shape index (κ1) is 12.4. The Hall–Kier alpha value is -2.66. The number of hydrazine groups is 1. The first-order valence-corrected chi connectivity index (χ1v) is 6.27. The topological polar surface area (TPSA) is 72.9 Å². The van der Waals surface area contributed by atoms with Crippen LogP contribution >= 0.6 is 0 Å². The molecule has 3 rings (SSSR count). The Labute approximate surface area is 116 Å². The highest BCUT2D eigenvalue weighted by molar-refractivity contribution is 5.93. The van der Waals surface area contributed by atoms with Gasteiger partial charge in [0.05, 0.1) is 17.4 Å². The van der Waals surface area contributed by atoms with E-state index in [1.165, 1.54) is 0 Å². The molecule has 0 aliphatic rings. The van der Waals surface area contributed by atoms with E-state index in [4.69, 9.17) is 5.84 Å². The second-order valence-electron chi connectivity index (χ2n) is 4.53. The van der Waals surface area contributed by atoms with Gasteiger partial charge in [-0.3, -0.25) is 10.2 Å². The van der Waals surface area contributed by atoms with Crippen LogP contribution in [0.15, 0.2) is 54.9 Å². The SMILES string of the molecule is NNC(=O)c1ccc(Cn2cnc3ccccc32)cc1. The van der Waals surface area contributed by atoms with Crippen molar-refractivity contribution >= 4 is 16.9 Å². The zero-order valence-electron chi connectivity index (χ0n) is 10.8. The number of para-hydroxylation sites is 2. The van der Waals surface area contributed by atoms with Crippen molar-refractivity contribution in [3.63, 3.8) is 0 Å². The maximum Gasteiger partial charge on any atom is 0.265 e. The third-order valence-electron chi connectivity index (χ3n) is 3.23. The molecule has 0 spiro atoms. The zero-order chi connectivity index (χ0) is 13.9. The summed E-state index contributed by atoms with van der Waals surface area (Å²) in [6.07, 6.45) is 1.82. The largest absolute Gasteiger partial charge is 0.326 e. The smallest absolute Gasteiger partial charge is 0.265 e. The van der Waals surface area contributed by atoms with Gasteiger partial charge in [0.15, 0.2) is 0 Å². The van der Waals surface area contributed by atoms with E-state index in [1.54, 1.807) is 12.1 Å². The molecule has 0 fully saturated rings. The van der Waals surface area contributed by atoms with Crippen molar-refractivity contribution in [1.82, 2.24) is 15.0 Å². The van der Waals surface area contributed by atoms with Crippen LogP contribution in [0.4, 0.5) is 0 Å². The van der Waals surface area contributed by atoms with Gasteiger partial charge in [0.25, 0.3) is 5.91 Å². The average Bonchev–Trinajstić information content (AvgIpc) is 2.91. The molecule has 0 atom stereocenters. The lowest BCUT2D eigenvalue weighted by Gasteiger charge is -2.06. The minimum atomic E-state index is -0.287. The maximum atomic E-state index is 11.4. The van der Waals surface area contributed by atoms with E-state index in [9.17, 15) is 4.79 Å². The summed E-state index contributed by atoms with van der Waals surface area (Å²) in [6, 6.07) is 15.3. The van der Waals surface area contributed by atoms with E-state index in [1.807, 2.05) is 42.7 Å². The molecule has 3 aromatic rings. The molecule has 1 heterocycles. The number of nitrogens with one attached hydrogen (secondary N) is 1. The number of amides is 1. The molecule has 0 radical (unpaired) electrons. The zero-order valence-corrected chi connectivity index (χ0v) is 10.8. The predicted octanol–water partition coefficient (Wildman–Crippen LogP) is 1.69. The third kappa shape index (κ3) is 2.26. The Morgan fingerprint density at radius 3 is 2.65 bits per heavy atom. The van der Waals surface area contributed by atoms with Crippen LogP contribution in [0.25, 0.3) is 11.0 Å². The van der Waals surface area contributed by atoms with E-state index in [2.05, 4.69) is 15.0 Å². The number of fused-ring (bicyclic) bond motifs is 1. The molecule has 0 aliphatic heterocycles. The quantitative estimate of drug-likeness (QED) is 0.430. The molecule has 1 amide bonds. The summed E-state index contributed by atoms with van der Waals surface area (Å²) in [5.41, 5.74) is 5.84. The minimum Gasteiger partial charge on any atom is -0.326 e. The van der Waals surface area contributed by atoms with Crippen LogP contribution in [0.1, 0.15) is 15.9 Å². The highest BCUT2D eigenvalue weighted by atomic mass is 16.2. The molecule has 100 valence electrons. The Kier molecular flexibility index (Phi) is 3.18. The summed E-state index contributed by atoms with van der Waals surface area (Å²) in [5.74, 6) is 4.81. The maximum absolute atomic E-state index is 11.4. The van der Waals surface area contributed by atoms with Gasteiger partial charge in [0, 0.05) is 12.1 Å². The summed E-state index contributed by atoms with van der Waals surface area (Å²) >= 11 is 0. The molecule has 3 N–H and O–H groups in total. The van der Waals surface area contributed by atoms with Crippen molar-refractivity contribution < 1.29 is 4.79 Å². The van der Waals surface area contributed by atoms with Crippen molar-refractivity contribution in [2.45, 2.75) is 6.54 Å². The lowest BCUT2D eigenvalue weighted by Crippen LogP contribution is -2.29. The van der Waals surface area contributed by atoms with Crippen molar-refractivity contribution in [3.8, 4) is 0 Å². The number of carbonyl (C=O) groups is 1. The van der Waals surface area contributed by atoms with Crippen LogP contribution in [0.3, 0.4) is 0 Å². The normalized spacial score (nSPS) is 10.7. The van der Waals surface area contributed by atoms with Gasteiger partial charge in [-0.1, -0.05) is 24.3 Å². The number of hydrogen-bond donors (Lipinski definition) is 2. The fraction of sp³-hybridized carbons (Fsp3) is 0.0667. The fourth-order valence-corrected chi connectivity index (χ4v) is 2.18. The highest BCUT2D eigenvalue weighted by Gasteiger charge is 2.05. The second-order valence-corrected chi connectivity index (χ2v) is 4.53. The number of nitrogens with zero attached hydrogens (tertiary/aromatic N) is 2. The summed E-state index contributed by atoms with van der Waals surface area (Å²) in [5, 5.41) is 0. The summed E-state index contributed by atoms with van der Waals surface area (Å²) in [4.78, 5) is 15.7. The molecule has 0 saturated heterocycles. The second kappa shape index (κ2) is 5.14. The van der Waals surface area contributed by atoms with Gasteiger partial charge >= 0.3 is 0 Å². The number of aromatic nitrogens is 2. The van der Waals surface area contributed by atoms with Crippen LogP contribution < -0.4 is 11.3 Å². The Morgan fingerprint density at radius 2 is 1.90 bits per heavy atom. The summed E-state index contributed by atoms with van der Waals surface area (Å²) in [6.45, 7) is 0.713. The van der Waals surface area contributed by atoms with Gasteiger partial charge in [0.2, 0.25) is 0 Å². The standard InChI is InChI=1S/C15H14N4O/c16-18-15(20)12-7-5-11(6-8-12)9-19-10-17-13-3-1-2-4-14(13)19/h1-8,10H,9,16H2,(H,18,20). The van der Waals surface area contributed by atoms with Crippen LogP contribution in [-0.4, -0.2) is 15.5 Å². The van der Waals surface area contributed by atoms with E-state index >= 15 is 0 Å². The van der Waals surface area contributed by atoms with Crippen molar-refractivity contribution in [3.05, 3.63) is 66.0 Å². The van der Waals surface area contributed by atoms with Crippen molar-refractivity contribution in [2.75, 3.05) is 0 Å². The Morgan fingerprint density at radius 1 is 1.15 bits per heavy atom. The lowest BCUT2D eigenvalue weighted by atomic mass is 10.1. The molecule has 20 heavy (non-hydrogen) atoms. The van der Waals surface area contributed by atoms with Crippen LogP contribution in [-0.2, 0) is 6.54 Å². The number of nitrogen functional groups attached to an aromatic ring is 1. The first-order chi connectivity index (χ1) is 9.78. The number of hydrogen-bond acceptors (Lipinski definition) is 3. The molecular formula is C15H14N4O. The Balaban J connectivity index is 1.86.